The molecule has 1 saturated heterocycles. The number of nitrogens with one attached hydrogen (secondary N) is 1. The Labute approximate surface area is 125 Å². The molecule has 21 heavy (non-hydrogen) atoms. The van der Waals surface area contributed by atoms with Gasteiger partial charge in [-0.3, -0.25) is 4.79 Å². The summed E-state index contributed by atoms with van der Waals surface area (Å²) in [5.74, 6) is 0.360. The van der Waals surface area contributed by atoms with Crippen molar-refractivity contribution in [3.8, 4) is 5.75 Å². The van der Waals surface area contributed by atoms with E-state index in [1.165, 1.54) is 4.90 Å². The first-order chi connectivity index (χ1) is 9.81. The van der Waals surface area contributed by atoms with E-state index in [9.17, 15) is 9.59 Å². The molecule has 0 radical (unpaired) electrons. The molecular formula is C16H22N2O3. The highest BCUT2D eigenvalue weighted by atomic mass is 16.5. The molecule has 0 bridgehead atoms. The van der Waals surface area contributed by atoms with Gasteiger partial charge in [0, 0.05) is 6.54 Å². The van der Waals surface area contributed by atoms with Crippen molar-refractivity contribution >= 4 is 17.6 Å². The van der Waals surface area contributed by atoms with E-state index in [0.29, 0.717) is 18.0 Å². The number of amides is 3. The van der Waals surface area contributed by atoms with Crippen LogP contribution in [-0.4, -0.2) is 25.6 Å². The van der Waals surface area contributed by atoms with Gasteiger partial charge in [-0.15, -0.1) is 0 Å². The molecule has 5 nitrogen and oxygen atoms in total. The minimum Gasteiger partial charge on any atom is -0.497 e. The predicted octanol–water partition coefficient (Wildman–Crippen LogP) is 2.80. The molecule has 114 valence electrons. The molecule has 1 aromatic rings. The van der Waals surface area contributed by atoms with Crippen molar-refractivity contribution in [2.24, 2.45) is 11.3 Å². The van der Waals surface area contributed by atoms with Gasteiger partial charge in [-0.1, -0.05) is 20.8 Å². The Morgan fingerprint density at radius 2 is 1.86 bits per heavy atom. The monoisotopic (exact) mass is 290 g/mol. The van der Waals surface area contributed by atoms with E-state index in [2.05, 4.69) is 26.1 Å². The lowest BCUT2D eigenvalue weighted by atomic mass is 9.83. The maximum atomic E-state index is 12.6. The smallest absolute Gasteiger partial charge is 0.328 e. The fraction of sp³-hybridized carbons (Fsp3) is 0.500. The Bertz CT molecular complexity index is 531. The molecule has 1 aliphatic heterocycles. The van der Waals surface area contributed by atoms with Gasteiger partial charge in [0.05, 0.1) is 18.7 Å². The van der Waals surface area contributed by atoms with E-state index < -0.39 is 0 Å². The number of nitrogens with zero attached hydrogens (tertiary/aromatic N) is 1. The Hall–Kier alpha value is -2.04. The first-order valence-corrected chi connectivity index (χ1v) is 7.08. The first-order valence-electron chi connectivity index (χ1n) is 7.08. The fourth-order valence-electron chi connectivity index (χ4n) is 2.53. The van der Waals surface area contributed by atoms with Crippen LogP contribution in [0.5, 0.6) is 5.75 Å². The summed E-state index contributed by atoms with van der Waals surface area (Å²) in [5, 5.41) is 2.80. The number of carbonyl (C=O) groups excluding carboxylic acids is 2. The second kappa shape index (κ2) is 5.76. The van der Waals surface area contributed by atoms with Crippen LogP contribution in [0.15, 0.2) is 24.3 Å². The Kier molecular flexibility index (Phi) is 4.21. The second-order valence-electron chi connectivity index (χ2n) is 6.52. The van der Waals surface area contributed by atoms with Gasteiger partial charge in [-0.05, 0) is 36.1 Å². The molecule has 3 amide bonds. The molecule has 1 N–H and O–H groups in total. The van der Waals surface area contributed by atoms with Gasteiger partial charge in [0.15, 0.2) is 0 Å². The van der Waals surface area contributed by atoms with Gasteiger partial charge >= 0.3 is 6.03 Å². The first kappa shape index (κ1) is 15.4. The van der Waals surface area contributed by atoms with Crippen molar-refractivity contribution in [1.82, 2.24) is 5.32 Å². The quantitative estimate of drug-likeness (QED) is 0.931. The van der Waals surface area contributed by atoms with E-state index in [4.69, 9.17) is 4.74 Å². The van der Waals surface area contributed by atoms with Crippen molar-refractivity contribution < 1.29 is 14.3 Å². The van der Waals surface area contributed by atoms with Crippen LogP contribution < -0.4 is 15.0 Å². The highest BCUT2D eigenvalue weighted by Gasteiger charge is 2.37. The molecule has 1 aliphatic rings. The number of ether oxygens (including phenoxy) is 1. The molecule has 1 aromatic carbocycles. The molecule has 0 saturated carbocycles. The summed E-state index contributed by atoms with van der Waals surface area (Å²) in [6.07, 6.45) is 0.735. The van der Waals surface area contributed by atoms with E-state index in [1.807, 2.05) is 0 Å². The molecule has 0 spiro atoms. The molecule has 0 aliphatic carbocycles. The minimum atomic E-state index is -0.365. The van der Waals surface area contributed by atoms with Crippen molar-refractivity contribution in [2.45, 2.75) is 27.2 Å². The third-order valence-electron chi connectivity index (χ3n) is 3.46. The highest BCUT2D eigenvalue weighted by Crippen LogP contribution is 2.29. The minimum absolute atomic E-state index is 0.0357. The summed E-state index contributed by atoms with van der Waals surface area (Å²) in [7, 11) is 1.58. The van der Waals surface area contributed by atoms with Crippen LogP contribution in [0.3, 0.4) is 0 Å². The van der Waals surface area contributed by atoms with E-state index >= 15 is 0 Å². The molecule has 5 heteroatoms. The molecule has 2 rings (SSSR count). The highest BCUT2D eigenvalue weighted by molar-refractivity contribution is 6.16. The van der Waals surface area contributed by atoms with Crippen LogP contribution in [-0.2, 0) is 4.79 Å². The van der Waals surface area contributed by atoms with E-state index in [-0.39, 0.29) is 23.3 Å². The maximum Gasteiger partial charge on any atom is 0.328 e. The lowest BCUT2D eigenvalue weighted by Gasteiger charge is -2.34. The van der Waals surface area contributed by atoms with Gasteiger partial charge in [-0.25, -0.2) is 9.69 Å². The van der Waals surface area contributed by atoms with Gasteiger partial charge in [0.2, 0.25) is 5.91 Å². The molecule has 0 aromatic heterocycles. The second-order valence-corrected chi connectivity index (χ2v) is 6.52. The largest absolute Gasteiger partial charge is 0.497 e. The molecular weight excluding hydrogens is 268 g/mol. The number of urea groups is 1. The number of imide groups is 1. The number of hydrogen-bond donors (Lipinski definition) is 1. The molecule has 1 fully saturated rings. The third-order valence-corrected chi connectivity index (χ3v) is 3.46. The van der Waals surface area contributed by atoms with Crippen LogP contribution in [0.2, 0.25) is 0 Å². The lowest BCUT2D eigenvalue weighted by molar-refractivity contribution is -0.123. The predicted molar refractivity (Wildman–Crippen MR) is 81.4 cm³/mol. The summed E-state index contributed by atoms with van der Waals surface area (Å²) in [4.78, 5) is 25.9. The molecule has 1 unspecified atom stereocenters. The average molecular weight is 290 g/mol. The number of anilines is 1. The Balaban J connectivity index is 2.23. The summed E-state index contributed by atoms with van der Waals surface area (Å²) in [6, 6.07) is 6.55. The number of methoxy groups -OCH3 is 1. The molecule has 1 heterocycles. The van der Waals surface area contributed by atoms with E-state index in [1.54, 1.807) is 31.4 Å². The van der Waals surface area contributed by atoms with Gasteiger partial charge in [0.25, 0.3) is 0 Å². The number of rotatable bonds is 3. The zero-order valence-electron chi connectivity index (χ0n) is 13.0. The van der Waals surface area contributed by atoms with Crippen molar-refractivity contribution in [3.63, 3.8) is 0 Å². The van der Waals surface area contributed by atoms with Gasteiger partial charge in [-0.2, -0.15) is 0 Å². The number of hydrogen-bond acceptors (Lipinski definition) is 3. The zero-order valence-corrected chi connectivity index (χ0v) is 13.0. The zero-order chi connectivity index (χ0) is 15.6. The van der Waals surface area contributed by atoms with Crippen LogP contribution in [0.1, 0.15) is 27.2 Å². The summed E-state index contributed by atoms with van der Waals surface area (Å²) in [6.45, 7) is 6.68. The van der Waals surface area contributed by atoms with Crippen LogP contribution in [0.4, 0.5) is 10.5 Å². The normalized spacial score (nSPS) is 19.4. The third kappa shape index (κ3) is 3.54. The van der Waals surface area contributed by atoms with Crippen molar-refractivity contribution in [1.29, 1.82) is 0 Å². The topological polar surface area (TPSA) is 58.6 Å². The SMILES string of the molecule is COc1ccc(N2C(=O)NCC(CC(C)(C)C)C2=O)cc1. The fourth-order valence-corrected chi connectivity index (χ4v) is 2.53. The van der Waals surface area contributed by atoms with Crippen molar-refractivity contribution in [2.75, 3.05) is 18.6 Å². The van der Waals surface area contributed by atoms with Gasteiger partial charge in [0.1, 0.15) is 5.75 Å². The van der Waals surface area contributed by atoms with Crippen LogP contribution in [0, 0.1) is 11.3 Å². The Morgan fingerprint density at radius 1 is 1.24 bits per heavy atom. The Morgan fingerprint density at radius 3 is 2.38 bits per heavy atom. The van der Waals surface area contributed by atoms with E-state index in [0.717, 1.165) is 6.42 Å². The standard InChI is InChI=1S/C16H22N2O3/c1-16(2,3)9-11-10-17-15(20)18(14(11)19)12-5-7-13(21-4)8-6-12/h5-8,11H,9-10H2,1-4H3,(H,17,20). The maximum absolute atomic E-state index is 12.6. The number of carbonyl (C=O) groups is 2. The lowest BCUT2D eigenvalue weighted by Crippen LogP contribution is -2.55. The van der Waals surface area contributed by atoms with Crippen LogP contribution in [0.25, 0.3) is 0 Å². The van der Waals surface area contributed by atoms with Crippen LogP contribution >= 0.6 is 0 Å². The summed E-state index contributed by atoms with van der Waals surface area (Å²) < 4.78 is 5.09. The summed E-state index contributed by atoms with van der Waals surface area (Å²) >= 11 is 0. The van der Waals surface area contributed by atoms with Gasteiger partial charge < -0.3 is 10.1 Å². The number of benzene rings is 1. The van der Waals surface area contributed by atoms with Crippen molar-refractivity contribution in [3.05, 3.63) is 24.3 Å². The average Bonchev–Trinajstić information content (AvgIpc) is 2.42. The molecule has 1 atom stereocenters. The summed E-state index contributed by atoms with van der Waals surface area (Å²) in [5.41, 5.74) is 0.602.